The molecule has 0 atom stereocenters. The first kappa shape index (κ1) is 16.2. The number of benzene rings is 1. The summed E-state index contributed by atoms with van der Waals surface area (Å²) in [5.41, 5.74) is 6.74. The first-order chi connectivity index (χ1) is 9.49. The summed E-state index contributed by atoms with van der Waals surface area (Å²) in [5, 5.41) is 11.8. The molecule has 0 aliphatic heterocycles. The molecule has 1 rings (SSSR count). The van der Waals surface area contributed by atoms with E-state index in [4.69, 9.17) is 15.7 Å². The van der Waals surface area contributed by atoms with Crippen LogP contribution in [-0.4, -0.2) is 37.8 Å². The molecule has 0 aromatic heterocycles. The second-order valence-corrected chi connectivity index (χ2v) is 4.98. The molecule has 0 saturated heterocycles. The van der Waals surface area contributed by atoms with Crippen LogP contribution < -0.4 is 10.6 Å². The van der Waals surface area contributed by atoms with Gasteiger partial charge in [-0.3, -0.25) is 0 Å². The smallest absolute Gasteiger partial charge is 0.172 e. The number of oxime groups is 1. The highest BCUT2D eigenvalue weighted by atomic mass is 19.1. The van der Waals surface area contributed by atoms with Gasteiger partial charge in [-0.15, -0.1) is 0 Å². The number of methoxy groups -OCH3 is 1. The van der Waals surface area contributed by atoms with Gasteiger partial charge in [0, 0.05) is 31.5 Å². The summed E-state index contributed by atoms with van der Waals surface area (Å²) in [6.45, 7) is 6.13. The van der Waals surface area contributed by atoms with E-state index in [1.807, 2.05) is 4.90 Å². The Morgan fingerprint density at radius 2 is 2.20 bits per heavy atom. The van der Waals surface area contributed by atoms with E-state index in [0.29, 0.717) is 24.6 Å². The van der Waals surface area contributed by atoms with Crippen molar-refractivity contribution in [1.29, 1.82) is 0 Å². The highest BCUT2D eigenvalue weighted by Crippen LogP contribution is 2.22. The molecule has 5 nitrogen and oxygen atoms in total. The topological polar surface area (TPSA) is 71.1 Å². The number of nitrogens with two attached hydrogens (primary N) is 1. The van der Waals surface area contributed by atoms with Crippen LogP contribution in [0.5, 0.6) is 0 Å². The first-order valence-corrected chi connectivity index (χ1v) is 6.51. The summed E-state index contributed by atoms with van der Waals surface area (Å²) in [5.74, 6) is -0.116. The SMILES string of the molecule is COCCN(CC(C)C)c1ccc(F)cc1/C(N)=N/O. The van der Waals surface area contributed by atoms with Crippen LogP contribution in [0.2, 0.25) is 0 Å². The minimum atomic E-state index is -0.424. The molecule has 0 spiro atoms. The van der Waals surface area contributed by atoms with Gasteiger partial charge in [0.05, 0.1) is 6.61 Å². The number of hydrogen-bond acceptors (Lipinski definition) is 4. The van der Waals surface area contributed by atoms with Crippen molar-refractivity contribution in [1.82, 2.24) is 0 Å². The molecule has 20 heavy (non-hydrogen) atoms. The molecule has 6 heteroatoms. The molecule has 1 aromatic rings. The number of hydrogen-bond donors (Lipinski definition) is 2. The standard InChI is InChI=1S/C14H22FN3O2/c1-10(2)9-18(6-7-20-3)13-5-4-11(15)8-12(13)14(16)17-19/h4-5,8,10,19H,6-7,9H2,1-3H3,(H2,16,17). The Kier molecular flexibility index (Phi) is 6.24. The number of anilines is 1. The molecule has 0 amide bonds. The van der Waals surface area contributed by atoms with Crippen molar-refractivity contribution in [2.45, 2.75) is 13.8 Å². The van der Waals surface area contributed by atoms with Gasteiger partial charge >= 0.3 is 0 Å². The van der Waals surface area contributed by atoms with E-state index in [1.54, 1.807) is 13.2 Å². The molecule has 0 radical (unpaired) electrons. The zero-order chi connectivity index (χ0) is 15.1. The maximum absolute atomic E-state index is 13.4. The van der Waals surface area contributed by atoms with Gasteiger partial charge < -0.3 is 20.6 Å². The van der Waals surface area contributed by atoms with Gasteiger partial charge in [0.15, 0.2) is 5.84 Å². The van der Waals surface area contributed by atoms with Gasteiger partial charge in [-0.1, -0.05) is 19.0 Å². The van der Waals surface area contributed by atoms with Crippen molar-refractivity contribution >= 4 is 11.5 Å². The van der Waals surface area contributed by atoms with E-state index in [-0.39, 0.29) is 5.84 Å². The zero-order valence-corrected chi connectivity index (χ0v) is 12.1. The third kappa shape index (κ3) is 4.38. The van der Waals surface area contributed by atoms with Crippen molar-refractivity contribution in [3.8, 4) is 0 Å². The highest BCUT2D eigenvalue weighted by molar-refractivity contribution is 6.02. The van der Waals surface area contributed by atoms with E-state index < -0.39 is 5.82 Å². The Morgan fingerprint density at radius 1 is 1.50 bits per heavy atom. The molecule has 3 N–H and O–H groups in total. The molecular formula is C14H22FN3O2. The second kappa shape index (κ2) is 7.69. The van der Waals surface area contributed by atoms with Gasteiger partial charge in [0.2, 0.25) is 0 Å². The fraction of sp³-hybridized carbons (Fsp3) is 0.500. The zero-order valence-electron chi connectivity index (χ0n) is 12.1. The van der Waals surface area contributed by atoms with Crippen molar-refractivity contribution in [3.63, 3.8) is 0 Å². The molecule has 0 heterocycles. The van der Waals surface area contributed by atoms with Gasteiger partial charge in [0.1, 0.15) is 5.82 Å². The molecular weight excluding hydrogens is 261 g/mol. The lowest BCUT2D eigenvalue weighted by Crippen LogP contribution is -2.33. The Morgan fingerprint density at radius 3 is 2.75 bits per heavy atom. The summed E-state index contributed by atoms with van der Waals surface area (Å²) in [6, 6.07) is 4.27. The fourth-order valence-corrected chi connectivity index (χ4v) is 2.00. The maximum atomic E-state index is 13.4. The molecule has 0 bridgehead atoms. The number of rotatable bonds is 7. The lowest BCUT2D eigenvalue weighted by Gasteiger charge is -2.28. The minimum Gasteiger partial charge on any atom is -0.409 e. The van der Waals surface area contributed by atoms with E-state index >= 15 is 0 Å². The predicted molar refractivity (Wildman–Crippen MR) is 77.8 cm³/mol. The van der Waals surface area contributed by atoms with Crippen LogP contribution in [0.4, 0.5) is 10.1 Å². The van der Waals surface area contributed by atoms with Crippen LogP contribution in [0, 0.1) is 11.7 Å². The number of nitrogens with zero attached hydrogens (tertiary/aromatic N) is 2. The lowest BCUT2D eigenvalue weighted by atomic mass is 10.1. The van der Waals surface area contributed by atoms with Crippen LogP contribution in [-0.2, 0) is 4.74 Å². The largest absolute Gasteiger partial charge is 0.409 e. The molecule has 0 aliphatic carbocycles. The second-order valence-electron chi connectivity index (χ2n) is 4.98. The average molecular weight is 283 g/mol. The van der Waals surface area contributed by atoms with Crippen LogP contribution in [0.1, 0.15) is 19.4 Å². The number of halogens is 1. The fourth-order valence-electron chi connectivity index (χ4n) is 2.00. The van der Waals surface area contributed by atoms with Crippen molar-refractivity contribution in [3.05, 3.63) is 29.6 Å². The average Bonchev–Trinajstić information content (AvgIpc) is 2.42. The number of amidine groups is 1. The summed E-state index contributed by atoms with van der Waals surface area (Å²) in [6.07, 6.45) is 0. The van der Waals surface area contributed by atoms with Gasteiger partial charge in [-0.2, -0.15) is 0 Å². The number of ether oxygens (including phenoxy) is 1. The van der Waals surface area contributed by atoms with E-state index in [2.05, 4.69) is 19.0 Å². The summed E-state index contributed by atoms with van der Waals surface area (Å²) >= 11 is 0. The third-order valence-corrected chi connectivity index (χ3v) is 2.83. The van der Waals surface area contributed by atoms with Crippen molar-refractivity contribution in [2.75, 3.05) is 31.7 Å². The molecule has 0 fully saturated rings. The Balaban J connectivity index is 3.17. The van der Waals surface area contributed by atoms with E-state index in [1.165, 1.54) is 12.1 Å². The quantitative estimate of drug-likeness (QED) is 0.348. The molecule has 0 saturated carbocycles. The maximum Gasteiger partial charge on any atom is 0.172 e. The summed E-state index contributed by atoms with van der Waals surface area (Å²) < 4.78 is 18.5. The van der Waals surface area contributed by atoms with Gasteiger partial charge in [-0.05, 0) is 24.1 Å². The van der Waals surface area contributed by atoms with Crippen molar-refractivity contribution < 1.29 is 14.3 Å². The van der Waals surface area contributed by atoms with E-state index in [9.17, 15) is 4.39 Å². The molecule has 1 aromatic carbocycles. The molecule has 112 valence electrons. The Hall–Kier alpha value is -1.82. The lowest BCUT2D eigenvalue weighted by molar-refractivity contribution is 0.204. The van der Waals surface area contributed by atoms with Crippen molar-refractivity contribution in [2.24, 2.45) is 16.8 Å². The Bertz CT molecular complexity index is 464. The third-order valence-electron chi connectivity index (χ3n) is 2.83. The molecule has 0 unspecified atom stereocenters. The molecule has 0 aliphatic rings. The van der Waals surface area contributed by atoms with Crippen LogP contribution >= 0.6 is 0 Å². The highest BCUT2D eigenvalue weighted by Gasteiger charge is 2.16. The normalized spacial score (nSPS) is 11.9. The Labute approximate surface area is 118 Å². The van der Waals surface area contributed by atoms with Gasteiger partial charge in [-0.25, -0.2) is 4.39 Å². The monoisotopic (exact) mass is 283 g/mol. The van der Waals surface area contributed by atoms with Gasteiger partial charge in [0.25, 0.3) is 0 Å². The summed E-state index contributed by atoms with van der Waals surface area (Å²) in [7, 11) is 1.63. The van der Waals surface area contributed by atoms with Crippen LogP contribution in [0.25, 0.3) is 0 Å². The van der Waals surface area contributed by atoms with Crippen LogP contribution in [0.3, 0.4) is 0 Å². The minimum absolute atomic E-state index is 0.106. The summed E-state index contributed by atoms with van der Waals surface area (Å²) in [4.78, 5) is 2.04. The van der Waals surface area contributed by atoms with Crippen LogP contribution in [0.15, 0.2) is 23.4 Å². The first-order valence-electron chi connectivity index (χ1n) is 6.51. The van der Waals surface area contributed by atoms with E-state index in [0.717, 1.165) is 12.2 Å². The predicted octanol–water partition coefficient (Wildman–Crippen LogP) is 2.03.